The maximum absolute atomic E-state index is 11.1. The molecule has 5 heteroatoms. The fourth-order valence-corrected chi connectivity index (χ4v) is 1.54. The van der Waals surface area contributed by atoms with E-state index in [2.05, 4.69) is 0 Å². The molecule has 1 N–H and O–H groups in total. The third kappa shape index (κ3) is 3.10. The van der Waals surface area contributed by atoms with Crippen LogP contribution in [-0.2, 0) is 4.79 Å². The quantitative estimate of drug-likeness (QED) is 0.647. The topological polar surface area (TPSA) is 76.7 Å². The van der Waals surface area contributed by atoms with Crippen LogP contribution in [0.2, 0.25) is 0 Å². The van der Waals surface area contributed by atoms with Crippen LogP contribution in [-0.4, -0.2) is 17.7 Å². The largest absolute Gasteiger partial charge is 0.493 e. The van der Waals surface area contributed by atoms with E-state index in [9.17, 15) is 9.59 Å². The van der Waals surface area contributed by atoms with E-state index in [4.69, 9.17) is 14.3 Å². The Morgan fingerprint density at radius 2 is 2.06 bits per heavy atom. The highest BCUT2D eigenvalue weighted by Crippen LogP contribution is 2.19. The molecule has 1 aromatic heterocycles. The van der Waals surface area contributed by atoms with Crippen LogP contribution >= 0.6 is 0 Å². The molecular formula is C13H12O5. The van der Waals surface area contributed by atoms with Gasteiger partial charge in [-0.05, 0) is 24.6 Å². The van der Waals surface area contributed by atoms with Crippen molar-refractivity contribution in [3.63, 3.8) is 0 Å². The van der Waals surface area contributed by atoms with Crippen LogP contribution in [0.1, 0.15) is 12.8 Å². The van der Waals surface area contributed by atoms with Gasteiger partial charge in [-0.3, -0.25) is 4.79 Å². The van der Waals surface area contributed by atoms with Crippen LogP contribution in [0.25, 0.3) is 11.0 Å². The maximum atomic E-state index is 11.1. The van der Waals surface area contributed by atoms with Crippen molar-refractivity contribution < 1.29 is 19.1 Å². The Morgan fingerprint density at radius 3 is 2.83 bits per heavy atom. The van der Waals surface area contributed by atoms with Crippen molar-refractivity contribution in [2.24, 2.45) is 0 Å². The van der Waals surface area contributed by atoms with Crippen molar-refractivity contribution in [2.75, 3.05) is 6.61 Å². The second-order valence-electron chi connectivity index (χ2n) is 3.80. The summed E-state index contributed by atoms with van der Waals surface area (Å²) in [4.78, 5) is 21.4. The van der Waals surface area contributed by atoms with Crippen LogP contribution in [0, 0.1) is 0 Å². The maximum Gasteiger partial charge on any atom is 0.336 e. The summed E-state index contributed by atoms with van der Waals surface area (Å²) in [5.74, 6) is -0.287. The van der Waals surface area contributed by atoms with Gasteiger partial charge in [0.25, 0.3) is 0 Å². The average Bonchev–Trinajstić information content (AvgIpc) is 2.34. The third-order valence-corrected chi connectivity index (χ3v) is 2.40. The fourth-order valence-electron chi connectivity index (χ4n) is 1.54. The number of aliphatic carboxylic acids is 1. The Kier molecular flexibility index (Phi) is 3.62. The second-order valence-corrected chi connectivity index (χ2v) is 3.80. The predicted octanol–water partition coefficient (Wildman–Crippen LogP) is 2.04. The molecule has 94 valence electrons. The van der Waals surface area contributed by atoms with Crippen molar-refractivity contribution in [3.05, 3.63) is 40.8 Å². The van der Waals surface area contributed by atoms with Gasteiger partial charge >= 0.3 is 11.6 Å². The summed E-state index contributed by atoms with van der Waals surface area (Å²) in [6, 6.07) is 8.19. The molecule has 1 heterocycles. The van der Waals surface area contributed by atoms with Crippen molar-refractivity contribution in [1.29, 1.82) is 0 Å². The molecule has 0 aliphatic rings. The third-order valence-electron chi connectivity index (χ3n) is 2.40. The molecule has 0 fully saturated rings. The highest BCUT2D eigenvalue weighted by atomic mass is 16.5. The first kappa shape index (κ1) is 12.2. The first-order valence-electron chi connectivity index (χ1n) is 5.54. The van der Waals surface area contributed by atoms with Gasteiger partial charge in [-0.2, -0.15) is 0 Å². The van der Waals surface area contributed by atoms with Crippen LogP contribution in [0.4, 0.5) is 0 Å². The minimum Gasteiger partial charge on any atom is -0.493 e. The van der Waals surface area contributed by atoms with Crippen molar-refractivity contribution in [1.82, 2.24) is 0 Å². The molecule has 2 aromatic rings. The Morgan fingerprint density at radius 1 is 1.28 bits per heavy atom. The molecule has 0 amide bonds. The number of carboxylic acids is 1. The summed E-state index contributed by atoms with van der Waals surface area (Å²) < 4.78 is 10.4. The van der Waals surface area contributed by atoms with E-state index in [1.54, 1.807) is 24.3 Å². The van der Waals surface area contributed by atoms with E-state index < -0.39 is 11.6 Å². The molecule has 5 nitrogen and oxygen atoms in total. The lowest BCUT2D eigenvalue weighted by molar-refractivity contribution is -0.137. The summed E-state index contributed by atoms with van der Waals surface area (Å²) >= 11 is 0. The predicted molar refractivity (Wildman–Crippen MR) is 64.8 cm³/mol. The van der Waals surface area contributed by atoms with E-state index >= 15 is 0 Å². The smallest absolute Gasteiger partial charge is 0.336 e. The summed E-state index contributed by atoms with van der Waals surface area (Å²) in [7, 11) is 0. The second kappa shape index (κ2) is 5.35. The van der Waals surface area contributed by atoms with Gasteiger partial charge in [0.15, 0.2) is 0 Å². The van der Waals surface area contributed by atoms with Gasteiger partial charge in [0.2, 0.25) is 0 Å². The molecule has 0 atom stereocenters. The molecular weight excluding hydrogens is 236 g/mol. The molecule has 0 radical (unpaired) electrons. The van der Waals surface area contributed by atoms with E-state index in [0.717, 1.165) is 5.39 Å². The Bertz CT molecular complexity index is 614. The number of benzene rings is 1. The Labute approximate surface area is 103 Å². The number of ether oxygens (including phenoxy) is 1. The molecule has 0 bridgehead atoms. The number of carboxylic acid groups (broad SMARTS) is 1. The molecule has 0 aliphatic carbocycles. The minimum atomic E-state index is -0.844. The number of hydrogen-bond acceptors (Lipinski definition) is 4. The average molecular weight is 248 g/mol. The van der Waals surface area contributed by atoms with Gasteiger partial charge in [-0.25, -0.2) is 4.79 Å². The highest BCUT2D eigenvalue weighted by molar-refractivity contribution is 5.77. The Balaban J connectivity index is 2.05. The van der Waals surface area contributed by atoms with E-state index in [-0.39, 0.29) is 6.42 Å². The van der Waals surface area contributed by atoms with Crippen molar-refractivity contribution >= 4 is 16.9 Å². The van der Waals surface area contributed by atoms with Crippen molar-refractivity contribution in [3.8, 4) is 5.75 Å². The zero-order valence-electron chi connectivity index (χ0n) is 9.59. The monoisotopic (exact) mass is 248 g/mol. The van der Waals surface area contributed by atoms with E-state index in [1.807, 2.05) is 0 Å². The molecule has 0 aliphatic heterocycles. The SMILES string of the molecule is O=C(O)CCCOc1ccc2ccc(=O)oc2c1. The van der Waals surface area contributed by atoms with Gasteiger partial charge in [0.05, 0.1) is 6.61 Å². The molecule has 0 spiro atoms. The minimum absolute atomic E-state index is 0.0721. The first-order valence-corrected chi connectivity index (χ1v) is 5.54. The van der Waals surface area contributed by atoms with Crippen LogP contribution in [0.3, 0.4) is 0 Å². The van der Waals surface area contributed by atoms with Gasteiger partial charge in [-0.15, -0.1) is 0 Å². The Hall–Kier alpha value is -2.30. The lowest BCUT2D eigenvalue weighted by Gasteiger charge is -2.05. The number of rotatable bonds is 5. The zero-order valence-corrected chi connectivity index (χ0v) is 9.59. The van der Waals surface area contributed by atoms with E-state index in [0.29, 0.717) is 24.4 Å². The van der Waals surface area contributed by atoms with Crippen LogP contribution < -0.4 is 10.4 Å². The van der Waals surface area contributed by atoms with Gasteiger partial charge in [-0.1, -0.05) is 0 Å². The van der Waals surface area contributed by atoms with Gasteiger partial charge in [0, 0.05) is 23.9 Å². The summed E-state index contributed by atoms with van der Waals surface area (Å²) in [5.41, 5.74) is 0.0451. The molecule has 1 aromatic carbocycles. The summed E-state index contributed by atoms with van der Waals surface area (Å²) in [6.07, 6.45) is 0.509. The number of hydrogen-bond donors (Lipinski definition) is 1. The summed E-state index contributed by atoms with van der Waals surface area (Å²) in [5, 5.41) is 9.29. The molecule has 0 saturated carbocycles. The zero-order chi connectivity index (χ0) is 13.0. The van der Waals surface area contributed by atoms with Gasteiger partial charge in [0.1, 0.15) is 11.3 Å². The number of fused-ring (bicyclic) bond motifs is 1. The fraction of sp³-hybridized carbons (Fsp3) is 0.231. The van der Waals surface area contributed by atoms with E-state index in [1.165, 1.54) is 6.07 Å². The summed E-state index contributed by atoms with van der Waals surface area (Å²) in [6.45, 7) is 0.314. The van der Waals surface area contributed by atoms with Crippen LogP contribution in [0.15, 0.2) is 39.5 Å². The lowest BCUT2D eigenvalue weighted by atomic mass is 10.2. The molecule has 0 saturated heterocycles. The van der Waals surface area contributed by atoms with Crippen molar-refractivity contribution in [2.45, 2.75) is 12.8 Å². The standard InChI is InChI=1S/C13H12O5/c14-12(15)2-1-7-17-10-5-3-9-4-6-13(16)18-11(9)8-10/h3-6,8H,1-2,7H2,(H,14,15). The first-order chi connectivity index (χ1) is 8.65. The number of carbonyl (C=O) groups is 1. The molecule has 18 heavy (non-hydrogen) atoms. The molecule has 2 rings (SSSR count). The lowest BCUT2D eigenvalue weighted by Crippen LogP contribution is -2.02. The molecule has 0 unspecified atom stereocenters. The van der Waals surface area contributed by atoms with Gasteiger partial charge < -0.3 is 14.3 Å². The normalized spacial score (nSPS) is 10.4. The van der Waals surface area contributed by atoms with Crippen LogP contribution in [0.5, 0.6) is 5.75 Å². The highest BCUT2D eigenvalue weighted by Gasteiger charge is 2.01.